The van der Waals surface area contributed by atoms with Gasteiger partial charge in [0.1, 0.15) is 0 Å². The summed E-state index contributed by atoms with van der Waals surface area (Å²) in [6, 6.07) is 13.9. The summed E-state index contributed by atoms with van der Waals surface area (Å²) in [5.74, 6) is 0. The number of likely N-dealkylation sites (N-methyl/N-ethyl adjacent to an activating group) is 1. The van der Waals surface area contributed by atoms with Crippen LogP contribution in [0.3, 0.4) is 0 Å². The van der Waals surface area contributed by atoms with Crippen molar-refractivity contribution in [1.29, 1.82) is 0 Å². The van der Waals surface area contributed by atoms with E-state index < -0.39 is 0 Å². The fourth-order valence-corrected chi connectivity index (χ4v) is 3.58. The Hall–Kier alpha value is -1.16. The highest BCUT2D eigenvalue weighted by Gasteiger charge is 2.27. The Labute approximate surface area is 132 Å². The third kappa shape index (κ3) is 3.73. The Morgan fingerprint density at radius 1 is 1.19 bits per heavy atom. The second-order valence-electron chi connectivity index (χ2n) is 5.78. The van der Waals surface area contributed by atoms with Gasteiger partial charge in [-0.05, 0) is 44.3 Å². The number of thiophene rings is 1. The average Bonchev–Trinajstić information content (AvgIpc) is 3.02. The van der Waals surface area contributed by atoms with Crippen molar-refractivity contribution >= 4 is 11.3 Å². The minimum absolute atomic E-state index is 0.139. The van der Waals surface area contributed by atoms with Gasteiger partial charge in [0, 0.05) is 17.0 Å². The van der Waals surface area contributed by atoms with Crippen LogP contribution in [-0.2, 0) is 0 Å². The molecule has 2 nitrogen and oxygen atoms in total. The summed E-state index contributed by atoms with van der Waals surface area (Å²) in [5, 5.41) is 2.14. The first kappa shape index (κ1) is 16.2. The van der Waals surface area contributed by atoms with Crippen LogP contribution in [0.5, 0.6) is 0 Å². The normalized spacial score (nSPS) is 15.9. The van der Waals surface area contributed by atoms with E-state index in [1.807, 2.05) is 11.3 Å². The number of nitrogens with two attached hydrogens (primary N) is 1. The van der Waals surface area contributed by atoms with E-state index in [4.69, 9.17) is 5.73 Å². The molecule has 0 radical (unpaired) electrons. The minimum atomic E-state index is 0.139. The summed E-state index contributed by atoms with van der Waals surface area (Å²) in [5.41, 5.74) is 9.04. The van der Waals surface area contributed by atoms with E-state index >= 15 is 0 Å². The number of aryl methyl sites for hydroxylation is 1. The molecule has 0 amide bonds. The molecular formula is C18H26N2S. The van der Waals surface area contributed by atoms with Gasteiger partial charge in [-0.3, -0.25) is 4.90 Å². The first-order valence-corrected chi connectivity index (χ1v) is 8.50. The molecular weight excluding hydrogens is 276 g/mol. The van der Waals surface area contributed by atoms with Crippen LogP contribution in [0.25, 0.3) is 0 Å². The Bertz CT molecular complexity index is 533. The zero-order chi connectivity index (χ0) is 15.4. The Balaban J connectivity index is 2.29. The molecule has 3 heteroatoms. The second kappa shape index (κ2) is 7.21. The molecule has 21 heavy (non-hydrogen) atoms. The van der Waals surface area contributed by atoms with Gasteiger partial charge in [-0.15, -0.1) is 11.3 Å². The summed E-state index contributed by atoms with van der Waals surface area (Å²) in [6.45, 7) is 6.54. The third-order valence-corrected chi connectivity index (χ3v) is 5.34. The second-order valence-corrected chi connectivity index (χ2v) is 6.76. The number of hydrogen-bond donors (Lipinski definition) is 1. The molecule has 1 aromatic carbocycles. The van der Waals surface area contributed by atoms with Crippen molar-refractivity contribution in [3.05, 3.63) is 57.8 Å². The molecule has 0 spiro atoms. The van der Waals surface area contributed by atoms with E-state index in [9.17, 15) is 0 Å². The molecule has 1 heterocycles. The fourth-order valence-electron chi connectivity index (χ4n) is 2.74. The number of nitrogens with zero attached hydrogens (tertiary/aromatic N) is 1. The molecule has 0 aliphatic heterocycles. The lowest BCUT2D eigenvalue weighted by molar-refractivity contribution is 0.161. The molecule has 3 unspecified atom stereocenters. The lowest BCUT2D eigenvalue weighted by Gasteiger charge is -2.36. The molecule has 0 fully saturated rings. The van der Waals surface area contributed by atoms with Crippen molar-refractivity contribution < 1.29 is 0 Å². The van der Waals surface area contributed by atoms with Crippen molar-refractivity contribution in [2.45, 2.75) is 45.3 Å². The summed E-state index contributed by atoms with van der Waals surface area (Å²) < 4.78 is 0. The monoisotopic (exact) mass is 302 g/mol. The van der Waals surface area contributed by atoms with E-state index in [2.05, 4.69) is 74.5 Å². The Morgan fingerprint density at radius 3 is 2.38 bits per heavy atom. The van der Waals surface area contributed by atoms with Crippen LogP contribution in [0.1, 0.15) is 48.4 Å². The van der Waals surface area contributed by atoms with E-state index in [0.717, 1.165) is 6.42 Å². The molecule has 2 aromatic rings. The average molecular weight is 302 g/mol. The van der Waals surface area contributed by atoms with Crippen LogP contribution in [0.4, 0.5) is 0 Å². The third-order valence-electron chi connectivity index (χ3n) is 4.30. The first-order chi connectivity index (χ1) is 10.0. The van der Waals surface area contributed by atoms with E-state index in [-0.39, 0.29) is 12.1 Å². The first-order valence-electron chi connectivity index (χ1n) is 7.62. The van der Waals surface area contributed by atoms with Gasteiger partial charge < -0.3 is 5.73 Å². The topological polar surface area (TPSA) is 29.3 Å². The van der Waals surface area contributed by atoms with Gasteiger partial charge in [0.15, 0.2) is 0 Å². The molecule has 2 N–H and O–H groups in total. The predicted octanol–water partition coefficient (Wildman–Crippen LogP) is 4.53. The minimum Gasteiger partial charge on any atom is -0.326 e. The number of hydrogen-bond acceptors (Lipinski definition) is 3. The van der Waals surface area contributed by atoms with E-state index in [0.29, 0.717) is 6.04 Å². The van der Waals surface area contributed by atoms with Gasteiger partial charge in [-0.25, -0.2) is 0 Å². The fraction of sp³-hybridized carbons (Fsp3) is 0.444. The molecule has 1 aromatic heterocycles. The highest BCUT2D eigenvalue weighted by atomic mass is 32.1. The standard InChI is InChI=1S/C18H26N2S/c1-5-16(19)18(15-10-8-13(2)9-11-15)20(4)14(3)17-7-6-12-21-17/h6-12,14,16,18H,5,19H2,1-4H3. The zero-order valence-corrected chi connectivity index (χ0v) is 14.2. The van der Waals surface area contributed by atoms with Gasteiger partial charge in [-0.2, -0.15) is 0 Å². The highest BCUT2D eigenvalue weighted by Crippen LogP contribution is 2.33. The molecule has 0 bridgehead atoms. The zero-order valence-electron chi connectivity index (χ0n) is 13.4. The van der Waals surface area contributed by atoms with Crippen LogP contribution in [0.15, 0.2) is 41.8 Å². The van der Waals surface area contributed by atoms with Crippen molar-refractivity contribution in [3.8, 4) is 0 Å². The van der Waals surface area contributed by atoms with Gasteiger partial charge in [0.05, 0.1) is 6.04 Å². The van der Waals surface area contributed by atoms with Gasteiger partial charge >= 0.3 is 0 Å². The maximum Gasteiger partial charge on any atom is 0.0502 e. The lowest BCUT2D eigenvalue weighted by atomic mass is 9.94. The molecule has 2 rings (SSSR count). The van der Waals surface area contributed by atoms with E-state index in [1.54, 1.807) is 0 Å². The van der Waals surface area contributed by atoms with Gasteiger partial charge in [0.2, 0.25) is 0 Å². The maximum atomic E-state index is 6.44. The van der Waals surface area contributed by atoms with E-state index in [1.165, 1.54) is 16.0 Å². The van der Waals surface area contributed by atoms with Crippen molar-refractivity contribution in [2.24, 2.45) is 5.73 Å². The Kier molecular flexibility index (Phi) is 5.57. The van der Waals surface area contributed by atoms with Crippen LogP contribution < -0.4 is 5.73 Å². The summed E-state index contributed by atoms with van der Waals surface area (Å²) in [6.07, 6.45) is 0.972. The van der Waals surface area contributed by atoms with Crippen LogP contribution >= 0.6 is 11.3 Å². The lowest BCUT2D eigenvalue weighted by Crippen LogP contribution is -2.39. The van der Waals surface area contributed by atoms with Crippen LogP contribution in [0.2, 0.25) is 0 Å². The summed E-state index contributed by atoms with van der Waals surface area (Å²) in [4.78, 5) is 3.79. The summed E-state index contributed by atoms with van der Waals surface area (Å²) >= 11 is 1.81. The molecule has 0 saturated heterocycles. The van der Waals surface area contributed by atoms with Gasteiger partial charge in [-0.1, -0.05) is 42.8 Å². The predicted molar refractivity (Wildman–Crippen MR) is 92.7 cm³/mol. The molecule has 0 aliphatic rings. The molecule has 114 valence electrons. The molecule has 3 atom stereocenters. The number of benzene rings is 1. The smallest absolute Gasteiger partial charge is 0.0502 e. The highest BCUT2D eigenvalue weighted by molar-refractivity contribution is 7.10. The largest absolute Gasteiger partial charge is 0.326 e. The van der Waals surface area contributed by atoms with Gasteiger partial charge in [0.25, 0.3) is 0 Å². The van der Waals surface area contributed by atoms with Crippen LogP contribution in [-0.4, -0.2) is 18.0 Å². The van der Waals surface area contributed by atoms with Crippen molar-refractivity contribution in [3.63, 3.8) is 0 Å². The summed E-state index contributed by atoms with van der Waals surface area (Å²) in [7, 11) is 2.18. The van der Waals surface area contributed by atoms with Crippen molar-refractivity contribution in [1.82, 2.24) is 4.90 Å². The quantitative estimate of drug-likeness (QED) is 0.849. The number of rotatable bonds is 6. The maximum absolute atomic E-state index is 6.44. The van der Waals surface area contributed by atoms with Crippen LogP contribution in [0, 0.1) is 6.92 Å². The van der Waals surface area contributed by atoms with Crippen molar-refractivity contribution in [2.75, 3.05) is 7.05 Å². The SMILES string of the molecule is CCC(N)C(c1ccc(C)cc1)N(C)C(C)c1cccs1. The molecule has 0 aliphatic carbocycles. The molecule has 0 saturated carbocycles. The Morgan fingerprint density at radius 2 is 1.86 bits per heavy atom.